The Hall–Kier alpha value is -4.79. The zero-order chi connectivity index (χ0) is 30.6. The molecule has 1 aromatic heterocycles. The van der Waals surface area contributed by atoms with Crippen LogP contribution in [0.2, 0.25) is 5.02 Å². The molecular formula is C35H26ClFN2O4S. The summed E-state index contributed by atoms with van der Waals surface area (Å²) in [4.78, 5) is 33.0. The van der Waals surface area contributed by atoms with E-state index in [1.807, 2.05) is 60.7 Å². The van der Waals surface area contributed by atoms with Crippen molar-refractivity contribution in [2.75, 3.05) is 6.61 Å². The summed E-state index contributed by atoms with van der Waals surface area (Å²) in [5.74, 6) is -0.489. The van der Waals surface area contributed by atoms with Gasteiger partial charge in [0.2, 0.25) is 0 Å². The van der Waals surface area contributed by atoms with Crippen LogP contribution in [0.1, 0.15) is 35.2 Å². The van der Waals surface area contributed by atoms with Crippen molar-refractivity contribution in [2.24, 2.45) is 4.99 Å². The molecule has 1 atom stereocenters. The number of carbonyl (C=O) groups is 1. The Labute approximate surface area is 261 Å². The van der Waals surface area contributed by atoms with Gasteiger partial charge in [0, 0.05) is 16.1 Å². The maximum absolute atomic E-state index is 14.2. The van der Waals surface area contributed by atoms with Crippen molar-refractivity contribution >= 4 is 40.7 Å². The summed E-state index contributed by atoms with van der Waals surface area (Å²) in [6.45, 7) is 2.18. The highest BCUT2D eigenvalue weighted by molar-refractivity contribution is 7.07. The van der Waals surface area contributed by atoms with E-state index in [0.717, 1.165) is 5.56 Å². The van der Waals surface area contributed by atoms with Crippen molar-refractivity contribution in [2.45, 2.75) is 19.6 Å². The monoisotopic (exact) mass is 624 g/mol. The van der Waals surface area contributed by atoms with Gasteiger partial charge in [-0.1, -0.05) is 95.7 Å². The largest absolute Gasteiger partial charge is 0.488 e. The molecular weight excluding hydrogens is 599 g/mol. The van der Waals surface area contributed by atoms with Crippen LogP contribution in [0.4, 0.5) is 4.39 Å². The standard InChI is InChI=1S/C35H26ClFN2O4S/c1-2-42-34(41)30-31(23-11-7-4-8-12-23)38-35-39(32(30)24-13-16-27(37)17-14-24)33(40)29(44-35)20-25-19-26(36)15-18-28(25)43-21-22-9-5-3-6-10-22/h3-20,32H,2,21H2,1H3/b29-20-/t32-/m1/s1. The van der Waals surface area contributed by atoms with Gasteiger partial charge in [0.15, 0.2) is 4.80 Å². The van der Waals surface area contributed by atoms with Crippen LogP contribution in [0.5, 0.6) is 5.75 Å². The average molecular weight is 625 g/mol. The van der Waals surface area contributed by atoms with Gasteiger partial charge in [0.25, 0.3) is 5.56 Å². The van der Waals surface area contributed by atoms with Crippen LogP contribution in [0, 0.1) is 5.82 Å². The first-order valence-electron chi connectivity index (χ1n) is 13.9. The topological polar surface area (TPSA) is 69.9 Å². The van der Waals surface area contributed by atoms with Gasteiger partial charge in [-0.3, -0.25) is 9.36 Å². The molecule has 1 aliphatic heterocycles. The molecule has 0 radical (unpaired) electrons. The van der Waals surface area contributed by atoms with Crippen LogP contribution in [0.15, 0.2) is 118 Å². The van der Waals surface area contributed by atoms with E-state index in [1.165, 1.54) is 28.0 Å². The van der Waals surface area contributed by atoms with E-state index in [-0.39, 0.29) is 17.7 Å². The molecule has 9 heteroatoms. The molecule has 0 saturated heterocycles. The highest BCUT2D eigenvalue weighted by Gasteiger charge is 2.35. The Morgan fingerprint density at radius 2 is 1.70 bits per heavy atom. The van der Waals surface area contributed by atoms with Crippen molar-refractivity contribution < 1.29 is 18.7 Å². The van der Waals surface area contributed by atoms with Gasteiger partial charge >= 0.3 is 5.97 Å². The van der Waals surface area contributed by atoms with Crippen molar-refractivity contribution in [3.05, 3.63) is 161 Å². The molecule has 0 fully saturated rings. The predicted octanol–water partition coefficient (Wildman–Crippen LogP) is 6.31. The number of rotatable bonds is 8. The lowest BCUT2D eigenvalue weighted by Crippen LogP contribution is -2.40. The lowest BCUT2D eigenvalue weighted by molar-refractivity contribution is -0.138. The van der Waals surface area contributed by atoms with E-state index in [0.29, 0.717) is 49.1 Å². The summed E-state index contributed by atoms with van der Waals surface area (Å²) < 4.78 is 27.4. The van der Waals surface area contributed by atoms with Gasteiger partial charge < -0.3 is 9.47 Å². The Morgan fingerprint density at radius 1 is 1.00 bits per heavy atom. The second-order valence-electron chi connectivity index (χ2n) is 9.94. The molecule has 6 nitrogen and oxygen atoms in total. The summed E-state index contributed by atoms with van der Waals surface area (Å²) in [7, 11) is 0. The summed E-state index contributed by atoms with van der Waals surface area (Å²) in [6.07, 6.45) is 1.72. The smallest absolute Gasteiger partial charge is 0.338 e. The number of ether oxygens (including phenoxy) is 2. The van der Waals surface area contributed by atoms with Crippen molar-refractivity contribution in [1.82, 2.24) is 4.57 Å². The van der Waals surface area contributed by atoms with E-state index >= 15 is 0 Å². The zero-order valence-corrected chi connectivity index (χ0v) is 25.1. The number of hydrogen-bond donors (Lipinski definition) is 0. The number of thiazole rings is 1. The van der Waals surface area contributed by atoms with Crippen molar-refractivity contribution in [3.63, 3.8) is 0 Å². The first kappa shape index (κ1) is 29.3. The van der Waals surface area contributed by atoms with Gasteiger partial charge in [0.05, 0.1) is 28.5 Å². The second kappa shape index (κ2) is 12.8. The van der Waals surface area contributed by atoms with Crippen LogP contribution in [-0.4, -0.2) is 17.1 Å². The van der Waals surface area contributed by atoms with E-state index in [2.05, 4.69) is 0 Å². The molecule has 0 saturated carbocycles. The quantitative estimate of drug-likeness (QED) is 0.190. The Morgan fingerprint density at radius 3 is 2.41 bits per heavy atom. The molecule has 5 aromatic rings. The molecule has 0 bridgehead atoms. The fourth-order valence-electron chi connectivity index (χ4n) is 5.04. The second-order valence-corrected chi connectivity index (χ2v) is 11.4. The first-order valence-corrected chi connectivity index (χ1v) is 15.1. The number of esters is 1. The average Bonchev–Trinajstić information content (AvgIpc) is 3.35. The highest BCUT2D eigenvalue weighted by Crippen LogP contribution is 2.35. The first-order chi connectivity index (χ1) is 21.4. The lowest BCUT2D eigenvalue weighted by atomic mass is 9.93. The lowest BCUT2D eigenvalue weighted by Gasteiger charge is -2.25. The molecule has 2 heterocycles. The third kappa shape index (κ3) is 6.00. The molecule has 0 spiro atoms. The molecule has 4 aromatic carbocycles. The minimum atomic E-state index is -0.906. The maximum atomic E-state index is 14.2. The predicted molar refractivity (Wildman–Crippen MR) is 170 cm³/mol. The number of aromatic nitrogens is 1. The molecule has 220 valence electrons. The van der Waals surface area contributed by atoms with Gasteiger partial charge in [-0.2, -0.15) is 0 Å². The molecule has 6 rings (SSSR count). The normalized spacial score (nSPS) is 14.6. The van der Waals surface area contributed by atoms with Gasteiger partial charge in [-0.15, -0.1) is 0 Å². The summed E-state index contributed by atoms with van der Waals surface area (Å²) in [6, 6.07) is 29.1. The molecule has 44 heavy (non-hydrogen) atoms. The van der Waals surface area contributed by atoms with E-state index in [1.54, 1.807) is 43.3 Å². The third-order valence-electron chi connectivity index (χ3n) is 7.06. The van der Waals surface area contributed by atoms with Crippen LogP contribution in [-0.2, 0) is 16.1 Å². The Balaban J connectivity index is 1.55. The summed E-state index contributed by atoms with van der Waals surface area (Å²) in [5.41, 5.74) is 3.05. The molecule has 0 amide bonds. The maximum Gasteiger partial charge on any atom is 0.338 e. The number of fused-ring (bicyclic) bond motifs is 1. The van der Waals surface area contributed by atoms with Crippen LogP contribution in [0.3, 0.4) is 0 Å². The van der Waals surface area contributed by atoms with E-state index < -0.39 is 17.8 Å². The van der Waals surface area contributed by atoms with Crippen molar-refractivity contribution in [1.29, 1.82) is 0 Å². The number of hydrogen-bond acceptors (Lipinski definition) is 6. The number of benzene rings is 4. The molecule has 0 aliphatic carbocycles. The number of halogens is 2. The van der Waals surface area contributed by atoms with Gasteiger partial charge in [0.1, 0.15) is 18.2 Å². The van der Waals surface area contributed by atoms with Crippen LogP contribution >= 0.6 is 22.9 Å². The number of carbonyl (C=O) groups excluding carboxylic acids is 1. The highest BCUT2D eigenvalue weighted by atomic mass is 35.5. The summed E-state index contributed by atoms with van der Waals surface area (Å²) >= 11 is 7.55. The van der Waals surface area contributed by atoms with Crippen LogP contribution in [0.25, 0.3) is 11.8 Å². The van der Waals surface area contributed by atoms with Gasteiger partial charge in [-0.25, -0.2) is 14.2 Å². The minimum absolute atomic E-state index is 0.130. The SMILES string of the molecule is CCOC(=O)C1=C(c2ccccc2)N=c2s/c(=C\c3cc(Cl)ccc3OCc3ccccc3)c(=O)n2[C@@H]1c1ccc(F)cc1. The fourth-order valence-corrected chi connectivity index (χ4v) is 6.21. The summed E-state index contributed by atoms with van der Waals surface area (Å²) in [5, 5.41) is 0.483. The van der Waals surface area contributed by atoms with Crippen molar-refractivity contribution in [3.8, 4) is 5.75 Å². The molecule has 1 aliphatic rings. The number of nitrogens with zero attached hydrogens (tertiary/aromatic N) is 2. The minimum Gasteiger partial charge on any atom is -0.488 e. The van der Waals surface area contributed by atoms with E-state index in [9.17, 15) is 14.0 Å². The molecule has 0 unspecified atom stereocenters. The fraction of sp³-hybridized carbons (Fsp3) is 0.114. The zero-order valence-electron chi connectivity index (χ0n) is 23.6. The Bertz CT molecular complexity index is 2040. The van der Waals surface area contributed by atoms with Crippen LogP contribution < -0.4 is 19.6 Å². The van der Waals surface area contributed by atoms with Gasteiger partial charge in [-0.05, 0) is 54.5 Å². The molecule has 0 N–H and O–H groups in total. The Kier molecular flexibility index (Phi) is 8.54. The van der Waals surface area contributed by atoms with E-state index in [4.69, 9.17) is 26.1 Å². The third-order valence-corrected chi connectivity index (χ3v) is 8.27.